The number of benzene rings is 4. The number of carboxylic acids is 2. The molecule has 0 radical (unpaired) electrons. The molecule has 4 atom stereocenters. The Morgan fingerprint density at radius 2 is 0.918 bits per heavy atom. The number of hydrogen-bond donors (Lipinski definition) is 6. The number of aliphatic carboxylic acids is 2. The standard InChI is InChI=1S/C12H16O3.C11H16O2.C10H12O3.C9H11NO3.5HI.2V/c1-9(12(13)15-3)8-10-4-6-11(14-2)7-5-10;1-9(8-12)7-10-3-5-11(13-2)6-4-10;1-7(10(12)13)6-8-2-4-9(11)5-3-8;10-8(9(12)13)5-6-1-3-7(11)4-2-6;;;;;;;/h4-7,9H,8H2,1-3H3;3-6,9,12H,7-8H2,1-2H3;2-5,7,11H,6H2,1H3,(H,12,13);1-4,8,11H,5,10H2,(H,12,13);5*1H;;/q;;;;;;;;;+2;+3/p-5/t2*9-;7-;8-;;;;;;;/m0000......./s1. The van der Waals surface area contributed by atoms with Crippen LogP contribution in [-0.4, -0.2) is 77.4 Å². The van der Waals surface area contributed by atoms with Gasteiger partial charge in [0.15, 0.2) is 0 Å². The van der Waals surface area contributed by atoms with Crippen LogP contribution < -0.4 is 15.2 Å². The molecule has 339 valence electrons. The number of phenols is 2. The van der Waals surface area contributed by atoms with Crippen LogP contribution in [0.4, 0.5) is 0 Å². The molecule has 0 aromatic heterocycles. The number of methoxy groups -OCH3 is 3. The van der Waals surface area contributed by atoms with E-state index < -0.39 is 18.0 Å². The SMILES string of the molecule is COC(=O)[C@@H](C)Cc1ccc(OC)cc1.COc1ccc(C[C@H](C)CO)cc1.C[C@@H](Cc1ccc(O)cc1)C(=O)O.N[C@@H](Cc1ccc(O)cc1)C(=O)O.[I][V]([I])[I].[I][V][I]. The summed E-state index contributed by atoms with van der Waals surface area (Å²) in [6, 6.07) is 27.6. The fourth-order valence-corrected chi connectivity index (χ4v) is 4.67. The molecule has 0 aliphatic heterocycles. The van der Waals surface area contributed by atoms with Crippen molar-refractivity contribution in [1.82, 2.24) is 0 Å². The molecule has 0 saturated heterocycles. The van der Waals surface area contributed by atoms with Crippen LogP contribution in [0.25, 0.3) is 0 Å². The number of aliphatic hydroxyl groups is 1. The van der Waals surface area contributed by atoms with Crippen molar-refractivity contribution in [3.05, 3.63) is 119 Å². The number of carbonyl (C=O) groups excluding carboxylic acids is 1. The summed E-state index contributed by atoms with van der Waals surface area (Å²) in [4.78, 5) is 31.8. The summed E-state index contributed by atoms with van der Waals surface area (Å²) in [6.07, 6.45) is 2.38. The molecule has 0 unspecified atom stereocenters. The Kier molecular flexibility index (Phi) is 39.3. The van der Waals surface area contributed by atoms with Gasteiger partial charge >= 0.3 is 132 Å². The monoisotopic (exact) mass is 1490 g/mol. The predicted molar refractivity (Wildman–Crippen MR) is 277 cm³/mol. The van der Waals surface area contributed by atoms with Gasteiger partial charge in [-0.05, 0) is 102 Å². The molecule has 4 rings (SSSR count). The number of esters is 1. The second-order valence-corrected chi connectivity index (χ2v) is 60.2. The number of ether oxygens (including phenoxy) is 3. The van der Waals surface area contributed by atoms with Gasteiger partial charge in [0.25, 0.3) is 0 Å². The maximum atomic E-state index is 11.2. The molecule has 0 aliphatic rings. The molecule has 0 amide bonds. The molecule has 12 nitrogen and oxygen atoms in total. The summed E-state index contributed by atoms with van der Waals surface area (Å²) in [6.45, 7) is 5.79. The fraction of sp³-hybridized carbons (Fsp3) is 0.357. The zero-order chi connectivity index (χ0) is 46.9. The first-order valence-electron chi connectivity index (χ1n) is 18.2. The number of hydrogen-bond acceptors (Lipinski definition) is 10. The first-order chi connectivity index (χ1) is 28.8. The van der Waals surface area contributed by atoms with Gasteiger partial charge in [-0.2, -0.15) is 0 Å². The number of rotatable bonds is 14. The predicted octanol–water partition coefficient (Wildman–Crippen LogP) is 10.3. The van der Waals surface area contributed by atoms with E-state index in [9.17, 15) is 14.4 Å². The van der Waals surface area contributed by atoms with E-state index in [1.807, 2.05) is 62.4 Å². The van der Waals surface area contributed by atoms with Gasteiger partial charge < -0.3 is 45.5 Å². The van der Waals surface area contributed by atoms with Crippen molar-refractivity contribution in [2.45, 2.75) is 52.5 Å². The average molecular weight is 1490 g/mol. The van der Waals surface area contributed by atoms with E-state index >= 15 is 0 Å². The summed E-state index contributed by atoms with van der Waals surface area (Å²) >= 11 is 12.1. The van der Waals surface area contributed by atoms with Crippen molar-refractivity contribution in [3.8, 4) is 23.0 Å². The molecular weight excluding hydrogens is 1430 g/mol. The summed E-state index contributed by atoms with van der Waals surface area (Å²) in [7, 11) is 5.33. The molecule has 0 bridgehead atoms. The van der Waals surface area contributed by atoms with Crippen LogP contribution in [0.5, 0.6) is 23.0 Å². The minimum absolute atomic E-state index is 0.108. The Morgan fingerprint density at radius 1 is 0.607 bits per heavy atom. The fourth-order valence-electron chi connectivity index (χ4n) is 4.67. The van der Waals surface area contributed by atoms with Crippen LogP contribution in [0.15, 0.2) is 97.1 Å². The van der Waals surface area contributed by atoms with E-state index in [0.29, 0.717) is 28.2 Å². The molecule has 7 N–H and O–H groups in total. The average Bonchev–Trinajstić information content (AvgIpc) is 3.23. The third-order valence-electron chi connectivity index (χ3n) is 7.97. The number of phenolic OH excluding ortho intramolecular Hbond substituents is 2. The minimum atomic E-state index is -1.02. The third-order valence-corrected chi connectivity index (χ3v) is 7.97. The van der Waals surface area contributed by atoms with E-state index in [-0.39, 0.29) is 47.3 Å². The van der Waals surface area contributed by atoms with Crippen molar-refractivity contribution < 1.29 is 68.5 Å². The second-order valence-electron chi connectivity index (χ2n) is 13.0. The molecule has 4 aromatic carbocycles. The molecule has 61 heavy (non-hydrogen) atoms. The van der Waals surface area contributed by atoms with E-state index in [0.717, 1.165) is 34.6 Å². The Hall–Kier alpha value is -0.771. The summed E-state index contributed by atoms with van der Waals surface area (Å²) < 4.78 is 14.8. The molecule has 0 saturated carbocycles. The topological polar surface area (TPSA) is 206 Å². The van der Waals surface area contributed by atoms with Crippen LogP contribution in [-0.2, 0) is 59.2 Å². The van der Waals surface area contributed by atoms with E-state index in [1.165, 1.54) is 24.8 Å². The van der Waals surface area contributed by atoms with E-state index in [2.05, 4.69) is 105 Å². The summed E-state index contributed by atoms with van der Waals surface area (Å²) in [5.74, 6) is -0.0995. The number of carboxylic acid groups (broad SMARTS) is 2. The zero-order valence-electron chi connectivity index (χ0n) is 34.6. The molecular formula is C42H55I5NO11V2. The van der Waals surface area contributed by atoms with Crippen LogP contribution in [0, 0.1) is 17.8 Å². The Bertz CT molecular complexity index is 1680. The van der Waals surface area contributed by atoms with E-state index in [4.69, 9.17) is 40.7 Å². The Balaban J connectivity index is 0. The van der Waals surface area contributed by atoms with Gasteiger partial charge in [0.1, 0.15) is 29.0 Å². The molecule has 19 heteroatoms. The van der Waals surface area contributed by atoms with E-state index in [1.54, 1.807) is 57.5 Å². The van der Waals surface area contributed by atoms with Crippen LogP contribution in [0.1, 0.15) is 43.0 Å². The summed E-state index contributed by atoms with van der Waals surface area (Å²) in [5.41, 5.74) is 9.39. The van der Waals surface area contributed by atoms with Crippen molar-refractivity contribution in [1.29, 1.82) is 0 Å². The van der Waals surface area contributed by atoms with Crippen LogP contribution >= 0.6 is 99.9 Å². The van der Waals surface area contributed by atoms with Gasteiger partial charge in [0.05, 0.1) is 33.2 Å². The summed E-state index contributed by atoms with van der Waals surface area (Å²) in [5, 5.41) is 44.0. The molecule has 4 aromatic rings. The van der Waals surface area contributed by atoms with Gasteiger partial charge in [0.2, 0.25) is 0 Å². The van der Waals surface area contributed by atoms with Crippen molar-refractivity contribution >= 4 is 118 Å². The molecule has 0 aliphatic carbocycles. The van der Waals surface area contributed by atoms with Crippen molar-refractivity contribution in [2.75, 3.05) is 27.9 Å². The van der Waals surface area contributed by atoms with Gasteiger partial charge in [-0.3, -0.25) is 14.4 Å². The van der Waals surface area contributed by atoms with Crippen molar-refractivity contribution in [3.63, 3.8) is 0 Å². The quantitative estimate of drug-likeness (QED) is 0.0515. The first-order valence-corrected chi connectivity index (χ1v) is 40.7. The number of aliphatic hydroxyl groups excluding tert-OH is 1. The second kappa shape index (κ2) is 38.5. The van der Waals surface area contributed by atoms with Gasteiger partial charge in [-0.1, -0.05) is 69.3 Å². The normalized spacial score (nSPS) is 11.7. The van der Waals surface area contributed by atoms with Gasteiger partial charge in [-0.15, -0.1) is 0 Å². The number of carbonyl (C=O) groups is 3. The van der Waals surface area contributed by atoms with Gasteiger partial charge in [0, 0.05) is 6.61 Å². The zero-order valence-corrected chi connectivity index (χ0v) is 48.2. The van der Waals surface area contributed by atoms with Gasteiger partial charge in [-0.25, -0.2) is 0 Å². The van der Waals surface area contributed by atoms with Crippen LogP contribution in [0.2, 0.25) is 0 Å². The molecule has 0 heterocycles. The number of nitrogens with two attached hydrogens (primary N) is 1. The number of aromatic hydroxyl groups is 2. The Morgan fingerprint density at radius 3 is 1.21 bits per heavy atom. The molecule has 0 spiro atoms. The maximum absolute atomic E-state index is 11.2. The Labute approximate surface area is 426 Å². The molecule has 0 fully saturated rings. The number of halogens is 5. The van der Waals surface area contributed by atoms with Crippen molar-refractivity contribution in [2.24, 2.45) is 23.5 Å². The van der Waals surface area contributed by atoms with Crippen LogP contribution in [0.3, 0.4) is 0 Å². The first kappa shape index (κ1) is 62.3. The third kappa shape index (κ3) is 34.3.